The van der Waals surface area contributed by atoms with Crippen LogP contribution in [-0.4, -0.2) is 15.8 Å². The summed E-state index contributed by atoms with van der Waals surface area (Å²) in [5, 5.41) is 7.03. The van der Waals surface area contributed by atoms with E-state index in [1.54, 1.807) is 6.08 Å². The van der Waals surface area contributed by atoms with Gasteiger partial charge in [0.1, 0.15) is 12.2 Å². The lowest BCUT2D eigenvalue weighted by atomic mass is 10.3. The van der Waals surface area contributed by atoms with Gasteiger partial charge in [0.2, 0.25) is 0 Å². The minimum absolute atomic E-state index is 0.0631. The van der Waals surface area contributed by atoms with Gasteiger partial charge in [-0.3, -0.25) is 4.79 Å². The standard InChI is InChI=1S/C11H12ClN3O/c1-4-6-15-11(16)10(9(12)7-13-15)14-8(3)5-2/h1,5,7-8,14H,2,6H2,3H3. The van der Waals surface area contributed by atoms with E-state index >= 15 is 0 Å². The molecule has 0 amide bonds. The van der Waals surface area contributed by atoms with Crippen molar-refractivity contribution in [3.63, 3.8) is 0 Å². The molecule has 1 unspecified atom stereocenters. The summed E-state index contributed by atoms with van der Waals surface area (Å²) in [6.07, 6.45) is 8.18. The molecular weight excluding hydrogens is 226 g/mol. The van der Waals surface area contributed by atoms with Crippen LogP contribution in [0.3, 0.4) is 0 Å². The third kappa shape index (κ3) is 2.65. The normalized spacial score (nSPS) is 11.6. The van der Waals surface area contributed by atoms with Gasteiger partial charge in [0.05, 0.1) is 11.2 Å². The van der Waals surface area contributed by atoms with E-state index in [-0.39, 0.29) is 23.2 Å². The molecule has 84 valence electrons. The van der Waals surface area contributed by atoms with Crippen LogP contribution in [0.25, 0.3) is 0 Å². The lowest BCUT2D eigenvalue weighted by Crippen LogP contribution is -2.28. The molecule has 1 aromatic rings. The summed E-state index contributed by atoms with van der Waals surface area (Å²) in [4.78, 5) is 11.9. The van der Waals surface area contributed by atoms with Crippen LogP contribution in [0.1, 0.15) is 6.92 Å². The molecule has 1 aromatic heterocycles. The first-order valence-corrected chi connectivity index (χ1v) is 5.06. The molecule has 0 aliphatic heterocycles. The largest absolute Gasteiger partial charge is 0.373 e. The third-order valence-electron chi connectivity index (χ3n) is 1.96. The van der Waals surface area contributed by atoms with Gasteiger partial charge in [0.25, 0.3) is 5.56 Å². The van der Waals surface area contributed by atoms with Gasteiger partial charge in [0.15, 0.2) is 0 Å². The van der Waals surface area contributed by atoms with Crippen LogP contribution in [0, 0.1) is 12.3 Å². The van der Waals surface area contributed by atoms with Gasteiger partial charge in [-0.05, 0) is 6.92 Å². The van der Waals surface area contributed by atoms with E-state index in [1.165, 1.54) is 10.9 Å². The van der Waals surface area contributed by atoms with E-state index < -0.39 is 0 Å². The first kappa shape index (κ1) is 12.3. The quantitative estimate of drug-likeness (QED) is 0.638. The minimum Gasteiger partial charge on any atom is -0.373 e. The second kappa shape index (κ2) is 5.38. The Labute approximate surface area is 98.9 Å². The highest BCUT2D eigenvalue weighted by Gasteiger charge is 2.10. The number of nitrogens with one attached hydrogen (secondary N) is 1. The number of hydrogen-bond acceptors (Lipinski definition) is 3. The highest BCUT2D eigenvalue weighted by Crippen LogP contribution is 2.15. The van der Waals surface area contributed by atoms with Crippen molar-refractivity contribution in [1.29, 1.82) is 0 Å². The molecule has 0 radical (unpaired) electrons. The number of nitrogens with zero attached hydrogens (tertiary/aromatic N) is 2. The van der Waals surface area contributed by atoms with Gasteiger partial charge < -0.3 is 5.32 Å². The van der Waals surface area contributed by atoms with Gasteiger partial charge in [0, 0.05) is 6.04 Å². The van der Waals surface area contributed by atoms with Crippen molar-refractivity contribution < 1.29 is 0 Å². The molecule has 0 aliphatic carbocycles. The molecule has 4 nitrogen and oxygen atoms in total. The molecule has 1 rings (SSSR count). The SMILES string of the molecule is C#CCn1ncc(Cl)c(NC(C)C=C)c1=O. The zero-order valence-electron chi connectivity index (χ0n) is 8.90. The fraction of sp³-hybridized carbons (Fsp3) is 0.273. The summed E-state index contributed by atoms with van der Waals surface area (Å²) >= 11 is 5.88. The maximum atomic E-state index is 11.9. The van der Waals surface area contributed by atoms with E-state index in [1.807, 2.05) is 6.92 Å². The number of terminal acetylenes is 1. The number of anilines is 1. The fourth-order valence-electron chi connectivity index (χ4n) is 1.08. The Morgan fingerprint density at radius 2 is 2.56 bits per heavy atom. The predicted molar refractivity (Wildman–Crippen MR) is 65.6 cm³/mol. The van der Waals surface area contributed by atoms with Crippen molar-refractivity contribution in [3.8, 4) is 12.3 Å². The van der Waals surface area contributed by atoms with Crippen LogP contribution in [-0.2, 0) is 6.54 Å². The Morgan fingerprint density at radius 3 is 3.12 bits per heavy atom. The minimum atomic E-state index is -0.334. The second-order valence-electron chi connectivity index (χ2n) is 3.20. The Hall–Kier alpha value is -1.73. The van der Waals surface area contributed by atoms with E-state index in [2.05, 4.69) is 22.9 Å². The molecule has 0 saturated heterocycles. The molecule has 16 heavy (non-hydrogen) atoms. The van der Waals surface area contributed by atoms with E-state index in [0.29, 0.717) is 5.69 Å². The molecule has 0 aromatic carbocycles. The van der Waals surface area contributed by atoms with Crippen molar-refractivity contribution in [2.24, 2.45) is 0 Å². The van der Waals surface area contributed by atoms with Crippen LogP contribution >= 0.6 is 11.6 Å². The average molecular weight is 238 g/mol. The Bertz CT molecular complexity index is 487. The molecule has 0 fully saturated rings. The Kier molecular flexibility index (Phi) is 4.15. The lowest BCUT2D eigenvalue weighted by Gasteiger charge is -2.12. The van der Waals surface area contributed by atoms with Crippen LogP contribution in [0.5, 0.6) is 0 Å². The number of halogens is 1. The van der Waals surface area contributed by atoms with Gasteiger partial charge in [-0.2, -0.15) is 5.10 Å². The molecule has 1 atom stereocenters. The van der Waals surface area contributed by atoms with E-state index in [9.17, 15) is 4.79 Å². The van der Waals surface area contributed by atoms with Crippen molar-refractivity contribution in [1.82, 2.24) is 9.78 Å². The second-order valence-corrected chi connectivity index (χ2v) is 3.61. The topological polar surface area (TPSA) is 46.9 Å². The van der Waals surface area contributed by atoms with Crippen LogP contribution < -0.4 is 10.9 Å². The van der Waals surface area contributed by atoms with Gasteiger partial charge in [-0.15, -0.1) is 13.0 Å². The van der Waals surface area contributed by atoms with E-state index in [4.69, 9.17) is 18.0 Å². The van der Waals surface area contributed by atoms with Crippen molar-refractivity contribution in [3.05, 3.63) is 34.2 Å². The third-order valence-corrected chi connectivity index (χ3v) is 2.25. The first-order valence-electron chi connectivity index (χ1n) is 4.68. The molecular formula is C11H12ClN3O. The van der Waals surface area contributed by atoms with E-state index in [0.717, 1.165) is 0 Å². The molecule has 0 bridgehead atoms. The summed E-state index contributed by atoms with van der Waals surface area (Å²) < 4.78 is 1.17. The molecule has 0 aliphatic rings. The number of aromatic nitrogens is 2. The molecule has 5 heteroatoms. The molecule has 0 spiro atoms. The maximum absolute atomic E-state index is 11.9. The predicted octanol–water partition coefficient (Wildman–Crippen LogP) is 1.52. The zero-order valence-corrected chi connectivity index (χ0v) is 9.66. The lowest BCUT2D eigenvalue weighted by molar-refractivity contribution is 0.663. The smallest absolute Gasteiger partial charge is 0.292 e. The Morgan fingerprint density at radius 1 is 1.88 bits per heavy atom. The fourth-order valence-corrected chi connectivity index (χ4v) is 1.26. The van der Waals surface area contributed by atoms with Crippen molar-refractivity contribution >= 4 is 17.3 Å². The van der Waals surface area contributed by atoms with Crippen LogP contribution in [0.4, 0.5) is 5.69 Å². The summed E-state index contributed by atoms with van der Waals surface area (Å²) in [7, 11) is 0. The zero-order chi connectivity index (χ0) is 12.1. The van der Waals surface area contributed by atoms with Gasteiger partial charge >= 0.3 is 0 Å². The summed E-state index contributed by atoms with van der Waals surface area (Å²) in [6.45, 7) is 5.59. The first-order chi connectivity index (χ1) is 7.60. The number of rotatable bonds is 4. The summed E-state index contributed by atoms with van der Waals surface area (Å²) in [5.41, 5.74) is -0.0431. The average Bonchev–Trinajstić information content (AvgIpc) is 2.28. The monoisotopic (exact) mass is 237 g/mol. The Balaban J connectivity index is 3.17. The van der Waals surface area contributed by atoms with Crippen LogP contribution in [0.2, 0.25) is 5.02 Å². The van der Waals surface area contributed by atoms with Crippen molar-refractivity contribution in [2.75, 3.05) is 5.32 Å². The molecule has 0 saturated carbocycles. The molecule has 1 N–H and O–H groups in total. The van der Waals surface area contributed by atoms with Gasteiger partial charge in [-0.1, -0.05) is 23.6 Å². The van der Waals surface area contributed by atoms with Crippen LogP contribution in [0.15, 0.2) is 23.6 Å². The highest BCUT2D eigenvalue weighted by atomic mass is 35.5. The maximum Gasteiger partial charge on any atom is 0.292 e. The summed E-state index contributed by atoms with van der Waals surface area (Å²) in [5.74, 6) is 2.35. The number of hydrogen-bond donors (Lipinski definition) is 1. The summed E-state index contributed by atoms with van der Waals surface area (Å²) in [6, 6.07) is -0.0631. The van der Waals surface area contributed by atoms with Crippen molar-refractivity contribution in [2.45, 2.75) is 19.5 Å². The van der Waals surface area contributed by atoms with Gasteiger partial charge in [-0.25, -0.2) is 4.68 Å². The molecule has 1 heterocycles. The highest BCUT2D eigenvalue weighted by molar-refractivity contribution is 6.33.